The van der Waals surface area contributed by atoms with Crippen LogP contribution in [0.15, 0.2) is 12.7 Å². The summed E-state index contributed by atoms with van der Waals surface area (Å²) in [5.41, 5.74) is -0.646. The predicted molar refractivity (Wildman–Crippen MR) is 80.8 cm³/mol. The summed E-state index contributed by atoms with van der Waals surface area (Å²) in [6, 6.07) is 0. The van der Waals surface area contributed by atoms with Gasteiger partial charge in [0.15, 0.2) is 0 Å². The maximum absolute atomic E-state index is 12.8. The van der Waals surface area contributed by atoms with Gasteiger partial charge in [0.25, 0.3) is 0 Å². The minimum Gasteiger partial charge on any atom is -0.379 e. The molecular formula is C16H26N2O3. The number of ether oxygens (including phenoxy) is 1. The monoisotopic (exact) mass is 294 g/mol. The van der Waals surface area contributed by atoms with Gasteiger partial charge in [-0.1, -0.05) is 25.3 Å². The summed E-state index contributed by atoms with van der Waals surface area (Å²) in [6.07, 6.45) is 7.73. The third-order valence-electron chi connectivity index (χ3n) is 4.36. The van der Waals surface area contributed by atoms with E-state index in [1.807, 2.05) is 6.08 Å². The number of nitrogens with one attached hydrogen (secondary N) is 1. The van der Waals surface area contributed by atoms with E-state index in [4.69, 9.17) is 4.74 Å². The Kier molecular flexibility index (Phi) is 5.79. The molecule has 21 heavy (non-hydrogen) atoms. The zero-order valence-electron chi connectivity index (χ0n) is 12.7. The highest BCUT2D eigenvalue weighted by Gasteiger charge is 2.44. The van der Waals surface area contributed by atoms with E-state index in [0.29, 0.717) is 32.7 Å². The molecule has 0 aromatic carbocycles. The van der Waals surface area contributed by atoms with Gasteiger partial charge in [0.05, 0.1) is 13.2 Å². The van der Waals surface area contributed by atoms with Crippen LogP contribution < -0.4 is 5.32 Å². The Bertz CT molecular complexity index is 389. The Labute approximate surface area is 126 Å². The van der Waals surface area contributed by atoms with Crippen molar-refractivity contribution in [2.24, 2.45) is 0 Å². The maximum atomic E-state index is 12.8. The second-order valence-electron chi connectivity index (χ2n) is 5.92. The highest BCUT2D eigenvalue weighted by atomic mass is 16.5. The van der Waals surface area contributed by atoms with Crippen LogP contribution in [0.4, 0.5) is 0 Å². The number of amides is 2. The molecule has 2 fully saturated rings. The first kappa shape index (κ1) is 16.0. The molecule has 118 valence electrons. The largest absolute Gasteiger partial charge is 0.379 e. The van der Waals surface area contributed by atoms with E-state index in [0.717, 1.165) is 38.5 Å². The van der Waals surface area contributed by atoms with Crippen LogP contribution in [0.2, 0.25) is 0 Å². The Balaban J connectivity index is 1.95. The fourth-order valence-electron chi connectivity index (χ4n) is 3.17. The van der Waals surface area contributed by atoms with Crippen molar-refractivity contribution in [3.05, 3.63) is 12.7 Å². The molecule has 1 aliphatic carbocycles. The number of hydrogen-bond acceptors (Lipinski definition) is 3. The van der Waals surface area contributed by atoms with Gasteiger partial charge in [-0.15, -0.1) is 6.58 Å². The third-order valence-corrected chi connectivity index (χ3v) is 4.36. The predicted octanol–water partition coefficient (Wildman–Crippen LogP) is 1.63. The average Bonchev–Trinajstić information content (AvgIpc) is 2.60. The molecule has 0 aromatic rings. The lowest BCUT2D eigenvalue weighted by molar-refractivity contribution is -0.141. The van der Waals surface area contributed by atoms with E-state index >= 15 is 0 Å². The first-order valence-electron chi connectivity index (χ1n) is 7.97. The van der Waals surface area contributed by atoms with Crippen LogP contribution in [0.1, 0.15) is 44.9 Å². The molecule has 2 amide bonds. The molecule has 1 aliphatic heterocycles. The van der Waals surface area contributed by atoms with Gasteiger partial charge in [0.1, 0.15) is 5.54 Å². The average molecular weight is 294 g/mol. The standard InChI is InChI=1S/C16H26N2O3/c1-2-3-12-21-13-11-18-10-7-14(19)17-16(15(18)20)8-5-4-6-9-16/h2H,1,3-13H2,(H,17,19). The van der Waals surface area contributed by atoms with Crippen molar-refractivity contribution in [2.75, 3.05) is 26.3 Å². The fourth-order valence-corrected chi connectivity index (χ4v) is 3.17. The molecule has 0 unspecified atom stereocenters. The van der Waals surface area contributed by atoms with Gasteiger partial charge >= 0.3 is 0 Å². The third kappa shape index (κ3) is 4.06. The molecular weight excluding hydrogens is 268 g/mol. The summed E-state index contributed by atoms with van der Waals surface area (Å²) in [5, 5.41) is 3.00. The summed E-state index contributed by atoms with van der Waals surface area (Å²) in [4.78, 5) is 26.6. The SMILES string of the molecule is C=CCCOCCN1CCC(=O)NC2(CCCCC2)C1=O. The number of hydrogen-bond donors (Lipinski definition) is 1. The van der Waals surface area contributed by atoms with Crippen molar-refractivity contribution in [2.45, 2.75) is 50.5 Å². The summed E-state index contributed by atoms with van der Waals surface area (Å²) in [5.74, 6) is 0.0840. The van der Waals surface area contributed by atoms with Crippen molar-refractivity contribution >= 4 is 11.8 Å². The zero-order chi connectivity index (χ0) is 15.1. The number of carbonyl (C=O) groups is 2. The lowest BCUT2D eigenvalue weighted by Gasteiger charge is -2.38. The van der Waals surface area contributed by atoms with E-state index in [1.165, 1.54) is 0 Å². The Morgan fingerprint density at radius 1 is 1.24 bits per heavy atom. The quantitative estimate of drug-likeness (QED) is 0.598. The summed E-state index contributed by atoms with van der Waals surface area (Å²) in [6.45, 7) is 5.86. The van der Waals surface area contributed by atoms with E-state index in [2.05, 4.69) is 11.9 Å². The molecule has 1 N–H and O–H groups in total. The molecule has 0 radical (unpaired) electrons. The lowest BCUT2D eigenvalue weighted by Crippen LogP contribution is -2.58. The van der Waals surface area contributed by atoms with Gasteiger partial charge in [-0.25, -0.2) is 0 Å². The minimum atomic E-state index is -0.646. The van der Waals surface area contributed by atoms with Crippen LogP contribution in [0.25, 0.3) is 0 Å². The zero-order valence-corrected chi connectivity index (χ0v) is 12.7. The molecule has 5 heteroatoms. The molecule has 1 heterocycles. The molecule has 0 bridgehead atoms. The smallest absolute Gasteiger partial charge is 0.248 e. The van der Waals surface area contributed by atoms with E-state index in [1.54, 1.807) is 4.90 Å². The summed E-state index contributed by atoms with van der Waals surface area (Å²) in [7, 11) is 0. The second kappa shape index (κ2) is 7.59. The highest BCUT2D eigenvalue weighted by molar-refractivity contribution is 5.93. The Hall–Kier alpha value is -1.36. The first-order chi connectivity index (χ1) is 10.2. The van der Waals surface area contributed by atoms with Crippen molar-refractivity contribution in [1.82, 2.24) is 10.2 Å². The summed E-state index contributed by atoms with van der Waals surface area (Å²) >= 11 is 0. The van der Waals surface area contributed by atoms with Gasteiger partial charge in [-0.2, -0.15) is 0 Å². The van der Waals surface area contributed by atoms with Gasteiger partial charge in [0, 0.05) is 19.5 Å². The topological polar surface area (TPSA) is 58.6 Å². The van der Waals surface area contributed by atoms with Crippen molar-refractivity contribution in [3.8, 4) is 0 Å². The molecule has 0 atom stereocenters. The fraction of sp³-hybridized carbons (Fsp3) is 0.750. The van der Waals surface area contributed by atoms with Crippen LogP contribution in [-0.4, -0.2) is 48.6 Å². The maximum Gasteiger partial charge on any atom is 0.248 e. The lowest BCUT2D eigenvalue weighted by atomic mass is 9.80. The van der Waals surface area contributed by atoms with Crippen molar-refractivity contribution in [3.63, 3.8) is 0 Å². The Morgan fingerprint density at radius 3 is 2.71 bits per heavy atom. The molecule has 1 saturated carbocycles. The van der Waals surface area contributed by atoms with E-state index < -0.39 is 5.54 Å². The van der Waals surface area contributed by atoms with Gasteiger partial charge in [-0.05, 0) is 19.3 Å². The Morgan fingerprint density at radius 2 is 2.00 bits per heavy atom. The van der Waals surface area contributed by atoms with E-state index in [9.17, 15) is 9.59 Å². The number of carbonyl (C=O) groups excluding carboxylic acids is 2. The molecule has 1 saturated heterocycles. The number of rotatable bonds is 6. The molecule has 2 aliphatic rings. The van der Waals surface area contributed by atoms with E-state index in [-0.39, 0.29) is 11.8 Å². The van der Waals surface area contributed by atoms with Gasteiger partial charge in [0.2, 0.25) is 11.8 Å². The van der Waals surface area contributed by atoms with Crippen LogP contribution in [0, 0.1) is 0 Å². The van der Waals surface area contributed by atoms with Crippen LogP contribution in [-0.2, 0) is 14.3 Å². The highest BCUT2D eigenvalue weighted by Crippen LogP contribution is 2.31. The molecule has 5 nitrogen and oxygen atoms in total. The molecule has 2 rings (SSSR count). The van der Waals surface area contributed by atoms with Gasteiger partial charge in [-0.3, -0.25) is 9.59 Å². The van der Waals surface area contributed by atoms with Crippen LogP contribution in [0.5, 0.6) is 0 Å². The number of nitrogens with zero attached hydrogens (tertiary/aromatic N) is 1. The second-order valence-corrected chi connectivity index (χ2v) is 5.92. The van der Waals surface area contributed by atoms with Crippen LogP contribution >= 0.6 is 0 Å². The summed E-state index contributed by atoms with van der Waals surface area (Å²) < 4.78 is 5.50. The van der Waals surface area contributed by atoms with Crippen molar-refractivity contribution < 1.29 is 14.3 Å². The molecule has 1 spiro atoms. The first-order valence-corrected chi connectivity index (χ1v) is 7.97. The van der Waals surface area contributed by atoms with Crippen LogP contribution in [0.3, 0.4) is 0 Å². The van der Waals surface area contributed by atoms with Crippen molar-refractivity contribution in [1.29, 1.82) is 0 Å². The minimum absolute atomic E-state index is 0.000302. The molecule has 0 aromatic heterocycles. The normalized spacial score (nSPS) is 22.0. The van der Waals surface area contributed by atoms with Gasteiger partial charge < -0.3 is 15.0 Å².